The van der Waals surface area contributed by atoms with Crippen LogP contribution >= 0.6 is 0 Å². The molecular weight excluding hydrogens is 476 g/mol. The van der Waals surface area contributed by atoms with E-state index >= 15 is 0 Å². The van der Waals surface area contributed by atoms with Crippen LogP contribution in [0.25, 0.3) is 5.76 Å². The first kappa shape index (κ1) is 25.1. The highest BCUT2D eigenvalue weighted by Crippen LogP contribution is 2.41. The number of morpholine rings is 1. The van der Waals surface area contributed by atoms with E-state index in [4.69, 9.17) is 18.9 Å². The summed E-state index contributed by atoms with van der Waals surface area (Å²) in [5, 5.41) is 11.3. The van der Waals surface area contributed by atoms with Gasteiger partial charge >= 0.3 is 0 Å². The van der Waals surface area contributed by atoms with Gasteiger partial charge in [-0.05, 0) is 48.7 Å². The van der Waals surface area contributed by atoms with Crippen LogP contribution in [0.3, 0.4) is 0 Å². The zero-order valence-corrected chi connectivity index (χ0v) is 21.0. The Kier molecular flexibility index (Phi) is 7.62. The largest absolute Gasteiger partial charge is 0.507 e. The van der Waals surface area contributed by atoms with E-state index in [0.717, 1.165) is 31.6 Å². The zero-order chi connectivity index (χ0) is 25.8. The normalized spacial score (nSPS) is 21.0. The SMILES string of the molecule is CCCOc1ccc(C2/C(=C(\O)c3ccc4c(c3)OCO4)C(=O)C(=O)N2CCCN2CCOCC2)cc1. The number of fused-ring (bicyclic) bond motifs is 1. The smallest absolute Gasteiger partial charge is 0.295 e. The highest BCUT2D eigenvalue weighted by Gasteiger charge is 2.46. The van der Waals surface area contributed by atoms with Crippen LogP contribution in [0.15, 0.2) is 48.0 Å². The molecule has 5 rings (SSSR count). The van der Waals surface area contributed by atoms with Gasteiger partial charge in [0.15, 0.2) is 11.5 Å². The molecule has 0 radical (unpaired) electrons. The lowest BCUT2D eigenvalue weighted by molar-refractivity contribution is -0.140. The van der Waals surface area contributed by atoms with E-state index in [9.17, 15) is 14.7 Å². The minimum Gasteiger partial charge on any atom is -0.507 e. The molecule has 9 nitrogen and oxygen atoms in total. The van der Waals surface area contributed by atoms with E-state index < -0.39 is 17.7 Å². The van der Waals surface area contributed by atoms with Crippen LogP contribution in [0.5, 0.6) is 17.2 Å². The molecule has 37 heavy (non-hydrogen) atoms. The fourth-order valence-electron chi connectivity index (χ4n) is 4.91. The van der Waals surface area contributed by atoms with Crippen molar-refractivity contribution >= 4 is 17.4 Å². The van der Waals surface area contributed by atoms with E-state index in [2.05, 4.69) is 4.90 Å². The second-order valence-electron chi connectivity index (χ2n) is 9.29. The molecule has 1 N–H and O–H groups in total. The van der Waals surface area contributed by atoms with Crippen molar-refractivity contribution in [3.63, 3.8) is 0 Å². The van der Waals surface area contributed by atoms with Crippen molar-refractivity contribution in [2.75, 3.05) is 52.8 Å². The Morgan fingerprint density at radius 2 is 1.78 bits per heavy atom. The Morgan fingerprint density at radius 3 is 2.54 bits per heavy atom. The summed E-state index contributed by atoms with van der Waals surface area (Å²) >= 11 is 0. The Labute approximate surface area is 216 Å². The topological polar surface area (TPSA) is 97.8 Å². The summed E-state index contributed by atoms with van der Waals surface area (Å²) in [6, 6.07) is 11.6. The summed E-state index contributed by atoms with van der Waals surface area (Å²) < 4.78 is 21.9. The van der Waals surface area contributed by atoms with Gasteiger partial charge in [-0.1, -0.05) is 19.1 Å². The van der Waals surface area contributed by atoms with Gasteiger partial charge in [0.2, 0.25) is 6.79 Å². The van der Waals surface area contributed by atoms with Gasteiger partial charge in [0.05, 0.1) is 31.4 Å². The number of benzene rings is 2. The van der Waals surface area contributed by atoms with Crippen LogP contribution in [0.1, 0.15) is 36.9 Å². The summed E-state index contributed by atoms with van der Waals surface area (Å²) in [6.07, 6.45) is 1.59. The van der Waals surface area contributed by atoms with Crippen molar-refractivity contribution in [1.82, 2.24) is 9.80 Å². The van der Waals surface area contributed by atoms with Crippen molar-refractivity contribution in [3.05, 3.63) is 59.2 Å². The number of carbonyl (C=O) groups excluding carboxylic acids is 2. The van der Waals surface area contributed by atoms with Crippen LogP contribution in [0.4, 0.5) is 0 Å². The molecule has 1 amide bonds. The van der Waals surface area contributed by atoms with Gasteiger partial charge in [-0.3, -0.25) is 14.5 Å². The fourth-order valence-corrected chi connectivity index (χ4v) is 4.91. The third-order valence-corrected chi connectivity index (χ3v) is 6.83. The van der Waals surface area contributed by atoms with Gasteiger partial charge in [0.25, 0.3) is 11.7 Å². The second-order valence-corrected chi connectivity index (χ2v) is 9.29. The molecule has 196 valence electrons. The molecule has 2 aromatic carbocycles. The molecule has 0 saturated carbocycles. The molecule has 9 heteroatoms. The summed E-state index contributed by atoms with van der Waals surface area (Å²) in [5.41, 5.74) is 1.19. The van der Waals surface area contributed by atoms with E-state index in [-0.39, 0.29) is 18.1 Å². The number of Topliss-reactive ketones (excluding diaryl/α,β-unsaturated/α-hetero) is 1. The standard InChI is InChI=1S/C28H32N2O7/c1-2-14-35-21-7-4-19(5-8-21)25-24(26(31)20-6-9-22-23(17-20)37-18-36-22)27(32)28(33)30(25)11-3-10-29-12-15-34-16-13-29/h4-9,17,25,31H,2-3,10-16,18H2,1H3/b26-24+. The van der Waals surface area contributed by atoms with Crippen LogP contribution in [-0.4, -0.2) is 79.4 Å². The van der Waals surface area contributed by atoms with Crippen LogP contribution in [0, 0.1) is 0 Å². The van der Waals surface area contributed by atoms with Gasteiger partial charge in [-0.15, -0.1) is 0 Å². The average Bonchev–Trinajstić information content (AvgIpc) is 3.50. The van der Waals surface area contributed by atoms with Gasteiger partial charge < -0.3 is 29.0 Å². The number of ether oxygens (including phenoxy) is 4. The predicted molar refractivity (Wildman–Crippen MR) is 136 cm³/mol. The maximum atomic E-state index is 13.3. The van der Waals surface area contributed by atoms with Crippen molar-refractivity contribution < 1.29 is 33.6 Å². The molecule has 3 heterocycles. The van der Waals surface area contributed by atoms with E-state index in [1.807, 2.05) is 31.2 Å². The number of amides is 1. The van der Waals surface area contributed by atoms with Crippen molar-refractivity contribution in [2.45, 2.75) is 25.8 Å². The maximum absolute atomic E-state index is 13.3. The van der Waals surface area contributed by atoms with E-state index in [1.165, 1.54) is 0 Å². The number of aliphatic hydroxyl groups excluding tert-OH is 1. The zero-order valence-electron chi connectivity index (χ0n) is 21.0. The molecule has 2 fully saturated rings. The number of ketones is 1. The Hall–Kier alpha value is -3.56. The predicted octanol–water partition coefficient (Wildman–Crippen LogP) is 3.35. The van der Waals surface area contributed by atoms with Gasteiger partial charge in [0.1, 0.15) is 11.5 Å². The van der Waals surface area contributed by atoms with Crippen molar-refractivity contribution in [3.8, 4) is 17.2 Å². The highest BCUT2D eigenvalue weighted by atomic mass is 16.7. The molecular formula is C28H32N2O7. The lowest BCUT2D eigenvalue weighted by Crippen LogP contribution is -2.38. The third kappa shape index (κ3) is 5.28. The molecule has 3 aliphatic rings. The summed E-state index contributed by atoms with van der Waals surface area (Å²) in [5.74, 6) is 0.227. The van der Waals surface area contributed by atoms with E-state index in [1.54, 1.807) is 23.1 Å². The summed E-state index contributed by atoms with van der Waals surface area (Å²) in [7, 11) is 0. The number of aliphatic hydroxyl groups is 1. The quantitative estimate of drug-likeness (QED) is 0.313. The summed E-state index contributed by atoms with van der Waals surface area (Å²) in [6.45, 7) is 7.03. The van der Waals surface area contributed by atoms with Crippen molar-refractivity contribution in [2.24, 2.45) is 0 Å². The number of nitrogens with zero attached hydrogens (tertiary/aromatic N) is 2. The highest BCUT2D eigenvalue weighted by molar-refractivity contribution is 6.46. The minimum absolute atomic E-state index is 0.0671. The Morgan fingerprint density at radius 1 is 1.03 bits per heavy atom. The van der Waals surface area contributed by atoms with Crippen LogP contribution in [-0.2, 0) is 14.3 Å². The monoisotopic (exact) mass is 508 g/mol. The van der Waals surface area contributed by atoms with Gasteiger partial charge in [0, 0.05) is 31.7 Å². The molecule has 0 spiro atoms. The lowest BCUT2D eigenvalue weighted by Gasteiger charge is -2.29. The Balaban J connectivity index is 1.46. The first-order chi connectivity index (χ1) is 18.1. The Bertz CT molecular complexity index is 1170. The molecule has 0 bridgehead atoms. The number of rotatable bonds is 9. The average molecular weight is 509 g/mol. The third-order valence-electron chi connectivity index (χ3n) is 6.83. The maximum Gasteiger partial charge on any atom is 0.295 e. The minimum atomic E-state index is -0.713. The summed E-state index contributed by atoms with van der Waals surface area (Å²) in [4.78, 5) is 30.4. The van der Waals surface area contributed by atoms with Gasteiger partial charge in [-0.25, -0.2) is 0 Å². The first-order valence-corrected chi connectivity index (χ1v) is 12.8. The first-order valence-electron chi connectivity index (χ1n) is 12.8. The molecule has 2 aromatic rings. The molecule has 3 aliphatic heterocycles. The number of carbonyl (C=O) groups is 2. The van der Waals surface area contributed by atoms with Gasteiger partial charge in [-0.2, -0.15) is 0 Å². The molecule has 1 unspecified atom stereocenters. The number of likely N-dealkylation sites (tertiary alicyclic amines) is 1. The second kappa shape index (κ2) is 11.2. The van der Waals surface area contributed by atoms with Crippen LogP contribution < -0.4 is 14.2 Å². The molecule has 1 atom stereocenters. The van der Waals surface area contributed by atoms with E-state index in [0.29, 0.717) is 55.6 Å². The fraction of sp³-hybridized carbons (Fsp3) is 0.429. The number of hydrogen-bond donors (Lipinski definition) is 1. The molecule has 0 aromatic heterocycles. The lowest BCUT2D eigenvalue weighted by atomic mass is 9.95. The van der Waals surface area contributed by atoms with Crippen molar-refractivity contribution in [1.29, 1.82) is 0 Å². The number of hydrogen-bond acceptors (Lipinski definition) is 8. The van der Waals surface area contributed by atoms with Crippen LogP contribution in [0.2, 0.25) is 0 Å². The molecule has 2 saturated heterocycles. The molecule has 0 aliphatic carbocycles.